The minimum absolute atomic E-state index is 0.195. The smallest absolute Gasteiger partial charge is 0.337 e. The number of fused-ring (bicyclic) bond motifs is 1. The standard InChI is InChI=1S/C19H23NO4/c1-23-18(21)13-7-8-14-16(11-20-17(14)10-13)15(19(22)24-2)9-12-5-3-4-6-12/h7-8,10-12,15,20H,3-6,9H2,1-2H3. The van der Waals surface area contributed by atoms with Crippen LogP contribution in [0.1, 0.15) is 53.9 Å². The summed E-state index contributed by atoms with van der Waals surface area (Å²) < 4.78 is 9.80. The van der Waals surface area contributed by atoms with Gasteiger partial charge in [0.05, 0.1) is 25.7 Å². The molecule has 1 saturated carbocycles. The number of carbonyl (C=O) groups excluding carboxylic acids is 2. The number of H-pyrrole nitrogens is 1. The van der Waals surface area contributed by atoms with Crippen molar-refractivity contribution in [2.75, 3.05) is 14.2 Å². The second-order valence-corrected chi connectivity index (χ2v) is 6.46. The molecule has 0 spiro atoms. The Bertz CT molecular complexity index is 743. The van der Waals surface area contributed by atoms with Crippen LogP contribution in [-0.2, 0) is 14.3 Å². The van der Waals surface area contributed by atoms with Gasteiger partial charge in [0.15, 0.2) is 0 Å². The number of carbonyl (C=O) groups is 2. The molecule has 0 amide bonds. The largest absolute Gasteiger partial charge is 0.469 e. The number of methoxy groups -OCH3 is 2. The average molecular weight is 329 g/mol. The Morgan fingerprint density at radius 1 is 1.21 bits per heavy atom. The van der Waals surface area contributed by atoms with Crippen molar-refractivity contribution in [3.05, 3.63) is 35.5 Å². The fourth-order valence-electron chi connectivity index (χ4n) is 3.75. The number of benzene rings is 1. The molecule has 5 heteroatoms. The van der Waals surface area contributed by atoms with Gasteiger partial charge in [0, 0.05) is 17.1 Å². The maximum Gasteiger partial charge on any atom is 0.337 e. The first-order valence-corrected chi connectivity index (χ1v) is 8.41. The molecule has 1 fully saturated rings. The van der Waals surface area contributed by atoms with E-state index in [9.17, 15) is 9.59 Å². The molecule has 1 atom stereocenters. The van der Waals surface area contributed by atoms with Crippen LogP contribution >= 0.6 is 0 Å². The van der Waals surface area contributed by atoms with Crippen molar-refractivity contribution in [3.63, 3.8) is 0 Å². The zero-order chi connectivity index (χ0) is 17.1. The van der Waals surface area contributed by atoms with Crippen LogP contribution in [0.2, 0.25) is 0 Å². The lowest BCUT2D eigenvalue weighted by Crippen LogP contribution is -2.17. The summed E-state index contributed by atoms with van der Waals surface area (Å²) in [6.07, 6.45) is 7.54. The zero-order valence-corrected chi connectivity index (χ0v) is 14.1. The van der Waals surface area contributed by atoms with Crippen LogP contribution in [0.25, 0.3) is 10.9 Å². The summed E-state index contributed by atoms with van der Waals surface area (Å²) in [6, 6.07) is 5.36. The van der Waals surface area contributed by atoms with Gasteiger partial charge in [-0.2, -0.15) is 0 Å². The first kappa shape index (κ1) is 16.6. The van der Waals surface area contributed by atoms with Crippen molar-refractivity contribution in [2.24, 2.45) is 5.92 Å². The molecule has 1 aromatic carbocycles. The highest BCUT2D eigenvalue weighted by Crippen LogP contribution is 2.37. The molecule has 128 valence electrons. The summed E-state index contributed by atoms with van der Waals surface area (Å²) >= 11 is 0. The van der Waals surface area contributed by atoms with E-state index in [1.54, 1.807) is 12.1 Å². The van der Waals surface area contributed by atoms with E-state index >= 15 is 0 Å². The van der Waals surface area contributed by atoms with Gasteiger partial charge in [0.1, 0.15) is 0 Å². The van der Waals surface area contributed by atoms with Gasteiger partial charge in [-0.25, -0.2) is 4.79 Å². The van der Waals surface area contributed by atoms with Crippen LogP contribution in [-0.4, -0.2) is 31.1 Å². The van der Waals surface area contributed by atoms with E-state index in [4.69, 9.17) is 9.47 Å². The summed E-state index contributed by atoms with van der Waals surface area (Å²) in [5, 5.41) is 0.955. The minimum atomic E-state index is -0.372. The van der Waals surface area contributed by atoms with Gasteiger partial charge in [-0.1, -0.05) is 31.7 Å². The molecular formula is C19H23NO4. The van der Waals surface area contributed by atoms with Crippen molar-refractivity contribution in [1.82, 2.24) is 4.98 Å². The van der Waals surface area contributed by atoms with E-state index in [1.165, 1.54) is 39.9 Å². The van der Waals surface area contributed by atoms with Crippen LogP contribution in [0.4, 0.5) is 0 Å². The molecule has 1 heterocycles. The van der Waals surface area contributed by atoms with E-state index in [2.05, 4.69) is 4.98 Å². The van der Waals surface area contributed by atoms with E-state index < -0.39 is 0 Å². The van der Waals surface area contributed by atoms with E-state index in [0.717, 1.165) is 22.9 Å². The molecule has 1 aliphatic rings. The van der Waals surface area contributed by atoms with E-state index in [1.807, 2.05) is 12.3 Å². The fraction of sp³-hybridized carbons (Fsp3) is 0.474. The summed E-state index contributed by atoms with van der Waals surface area (Å²) in [5.41, 5.74) is 2.26. The first-order valence-electron chi connectivity index (χ1n) is 8.41. The summed E-state index contributed by atoms with van der Waals surface area (Å²) in [7, 11) is 2.80. The highest BCUT2D eigenvalue weighted by atomic mass is 16.5. The van der Waals surface area contributed by atoms with Gasteiger partial charge in [-0.05, 0) is 30.0 Å². The zero-order valence-electron chi connectivity index (χ0n) is 14.1. The van der Waals surface area contributed by atoms with E-state index in [-0.39, 0.29) is 17.9 Å². The SMILES string of the molecule is COC(=O)c1ccc2c(C(CC3CCCC3)C(=O)OC)c[nH]c2c1. The number of ether oxygens (including phenoxy) is 2. The molecule has 0 saturated heterocycles. The number of nitrogens with one attached hydrogen (secondary N) is 1. The third kappa shape index (κ3) is 3.16. The van der Waals surface area contributed by atoms with Crippen molar-refractivity contribution < 1.29 is 19.1 Å². The monoisotopic (exact) mass is 329 g/mol. The van der Waals surface area contributed by atoms with Gasteiger partial charge in [0.25, 0.3) is 0 Å². The van der Waals surface area contributed by atoms with Crippen LogP contribution in [0.3, 0.4) is 0 Å². The molecule has 1 aliphatic carbocycles. The van der Waals surface area contributed by atoms with Crippen molar-refractivity contribution in [2.45, 2.75) is 38.0 Å². The number of esters is 2. The lowest BCUT2D eigenvalue weighted by atomic mass is 9.87. The Hall–Kier alpha value is -2.30. The summed E-state index contributed by atoms with van der Waals surface area (Å²) in [6.45, 7) is 0. The molecule has 3 rings (SSSR count). The third-order valence-corrected chi connectivity index (χ3v) is 5.04. The van der Waals surface area contributed by atoms with Crippen LogP contribution in [0.5, 0.6) is 0 Å². The van der Waals surface area contributed by atoms with Crippen molar-refractivity contribution >= 4 is 22.8 Å². The lowest BCUT2D eigenvalue weighted by Gasteiger charge is -2.18. The van der Waals surface area contributed by atoms with E-state index in [0.29, 0.717) is 11.5 Å². The molecule has 0 radical (unpaired) electrons. The molecule has 0 bridgehead atoms. The van der Waals surface area contributed by atoms with Gasteiger partial charge in [-0.3, -0.25) is 4.79 Å². The predicted molar refractivity (Wildman–Crippen MR) is 91.0 cm³/mol. The Morgan fingerprint density at radius 2 is 1.96 bits per heavy atom. The highest BCUT2D eigenvalue weighted by molar-refractivity contribution is 5.96. The number of aromatic amines is 1. The Morgan fingerprint density at radius 3 is 2.62 bits per heavy atom. The second kappa shape index (κ2) is 7.07. The molecular weight excluding hydrogens is 306 g/mol. The highest BCUT2D eigenvalue weighted by Gasteiger charge is 2.29. The van der Waals surface area contributed by atoms with Crippen LogP contribution in [0.15, 0.2) is 24.4 Å². The number of hydrogen-bond donors (Lipinski definition) is 1. The normalized spacial score (nSPS) is 16.2. The minimum Gasteiger partial charge on any atom is -0.469 e. The Labute approximate surface area is 141 Å². The third-order valence-electron chi connectivity index (χ3n) is 5.04. The second-order valence-electron chi connectivity index (χ2n) is 6.46. The van der Waals surface area contributed by atoms with Crippen LogP contribution < -0.4 is 0 Å². The molecule has 1 N–H and O–H groups in total. The molecule has 24 heavy (non-hydrogen) atoms. The average Bonchev–Trinajstić information content (AvgIpc) is 3.27. The molecule has 1 aromatic heterocycles. The molecule has 2 aromatic rings. The van der Waals surface area contributed by atoms with Gasteiger partial charge < -0.3 is 14.5 Å². The topological polar surface area (TPSA) is 68.4 Å². The number of rotatable bonds is 5. The van der Waals surface area contributed by atoms with Crippen molar-refractivity contribution in [1.29, 1.82) is 0 Å². The number of hydrogen-bond acceptors (Lipinski definition) is 4. The maximum atomic E-state index is 12.4. The maximum absolute atomic E-state index is 12.4. The molecule has 0 aliphatic heterocycles. The van der Waals surface area contributed by atoms with Gasteiger partial charge in [-0.15, -0.1) is 0 Å². The number of aromatic nitrogens is 1. The predicted octanol–water partition coefficient (Wildman–Crippen LogP) is 3.79. The van der Waals surface area contributed by atoms with Crippen LogP contribution in [0, 0.1) is 5.92 Å². The fourth-order valence-corrected chi connectivity index (χ4v) is 3.75. The van der Waals surface area contributed by atoms with Gasteiger partial charge in [0.2, 0.25) is 0 Å². The Balaban J connectivity index is 1.94. The summed E-state index contributed by atoms with van der Waals surface area (Å²) in [5.74, 6) is -0.257. The first-order chi connectivity index (χ1) is 11.6. The lowest BCUT2D eigenvalue weighted by molar-refractivity contribution is -0.142. The quantitative estimate of drug-likeness (QED) is 0.847. The molecule has 1 unspecified atom stereocenters. The van der Waals surface area contributed by atoms with Gasteiger partial charge >= 0.3 is 11.9 Å². The van der Waals surface area contributed by atoms with Crippen molar-refractivity contribution in [3.8, 4) is 0 Å². The molecule has 5 nitrogen and oxygen atoms in total. The summed E-state index contributed by atoms with van der Waals surface area (Å²) in [4.78, 5) is 27.2. The Kier molecular flexibility index (Phi) is 4.88.